The Labute approximate surface area is 313 Å². The fourth-order valence-corrected chi connectivity index (χ4v) is 7.27. The van der Waals surface area contributed by atoms with Crippen LogP contribution >= 0.6 is 0 Å². The van der Waals surface area contributed by atoms with Gasteiger partial charge < -0.3 is 15.0 Å². The van der Waals surface area contributed by atoms with E-state index >= 15 is 0 Å². The molecule has 1 aromatic rings. The molecular formula is C46H86N2O2. The monoisotopic (exact) mass is 699 g/mol. The maximum absolute atomic E-state index is 12.7. The van der Waals surface area contributed by atoms with E-state index in [0.717, 1.165) is 25.4 Å². The second kappa shape index (κ2) is 37.2. The molecule has 0 heterocycles. The quantitative estimate of drug-likeness (QED) is 0.0696. The zero-order valence-electron chi connectivity index (χ0n) is 34.0. The van der Waals surface area contributed by atoms with Crippen molar-refractivity contribution in [3.05, 3.63) is 29.8 Å². The van der Waals surface area contributed by atoms with Crippen molar-refractivity contribution in [3.8, 4) is 5.75 Å². The van der Waals surface area contributed by atoms with E-state index in [2.05, 4.69) is 24.1 Å². The van der Waals surface area contributed by atoms with Crippen molar-refractivity contribution in [2.75, 3.05) is 33.3 Å². The van der Waals surface area contributed by atoms with Crippen LogP contribution in [0, 0.1) is 0 Å². The molecule has 1 N–H and O–H groups in total. The van der Waals surface area contributed by atoms with E-state index in [9.17, 15) is 4.79 Å². The average Bonchev–Trinajstić information content (AvgIpc) is 3.14. The number of nitrogens with one attached hydrogen (secondary N) is 1. The molecule has 0 saturated heterocycles. The van der Waals surface area contributed by atoms with Crippen molar-refractivity contribution in [2.24, 2.45) is 0 Å². The molecule has 0 aliphatic rings. The topological polar surface area (TPSA) is 41.6 Å². The summed E-state index contributed by atoms with van der Waals surface area (Å²) in [5, 5.41) is 3.16. The van der Waals surface area contributed by atoms with Crippen molar-refractivity contribution >= 4 is 5.91 Å². The van der Waals surface area contributed by atoms with Crippen LogP contribution in [0.1, 0.15) is 230 Å². The number of amides is 1. The van der Waals surface area contributed by atoms with Crippen molar-refractivity contribution in [2.45, 2.75) is 219 Å². The molecular weight excluding hydrogens is 613 g/mol. The first-order chi connectivity index (χ1) is 24.7. The van der Waals surface area contributed by atoms with Crippen LogP contribution in [0.5, 0.6) is 5.75 Å². The maximum atomic E-state index is 12.7. The van der Waals surface area contributed by atoms with Crippen LogP contribution < -0.4 is 10.1 Å². The lowest BCUT2D eigenvalue weighted by Gasteiger charge is -2.22. The predicted octanol–water partition coefficient (Wildman–Crippen LogP) is 14.2. The molecule has 1 rings (SSSR count). The van der Waals surface area contributed by atoms with E-state index < -0.39 is 0 Å². The molecule has 0 atom stereocenters. The number of carbonyl (C=O) groups excluding carboxylic acids is 1. The van der Waals surface area contributed by atoms with Gasteiger partial charge in [0.1, 0.15) is 5.75 Å². The maximum Gasteiger partial charge on any atom is 0.251 e. The molecule has 0 unspecified atom stereocenters. The van der Waals surface area contributed by atoms with Gasteiger partial charge in [0.15, 0.2) is 0 Å². The summed E-state index contributed by atoms with van der Waals surface area (Å²) in [7, 11) is 1.66. The van der Waals surface area contributed by atoms with Crippen LogP contribution in [0.4, 0.5) is 0 Å². The van der Waals surface area contributed by atoms with Crippen molar-refractivity contribution < 1.29 is 9.53 Å². The normalized spacial score (nSPS) is 11.4. The summed E-state index contributed by atoms with van der Waals surface area (Å²) in [6, 6.07) is 7.41. The van der Waals surface area contributed by atoms with Crippen LogP contribution in [0.2, 0.25) is 0 Å². The molecule has 0 bridgehead atoms. The Balaban J connectivity index is 2.15. The van der Waals surface area contributed by atoms with Crippen molar-refractivity contribution in [1.29, 1.82) is 0 Å². The number of methoxy groups -OCH3 is 1. The molecule has 292 valence electrons. The summed E-state index contributed by atoms with van der Waals surface area (Å²) in [6.45, 7) is 8.58. The highest BCUT2D eigenvalue weighted by molar-refractivity contribution is 5.94. The van der Waals surface area contributed by atoms with Gasteiger partial charge in [-0.1, -0.05) is 206 Å². The van der Waals surface area contributed by atoms with Crippen molar-refractivity contribution in [1.82, 2.24) is 10.2 Å². The van der Waals surface area contributed by atoms with Gasteiger partial charge in [0, 0.05) is 18.7 Å². The fourth-order valence-electron chi connectivity index (χ4n) is 7.27. The highest BCUT2D eigenvalue weighted by Crippen LogP contribution is 2.16. The van der Waals surface area contributed by atoms with Gasteiger partial charge in [-0.05, 0) is 50.2 Å². The second-order valence-electron chi connectivity index (χ2n) is 15.4. The Bertz CT molecular complexity index is 790. The van der Waals surface area contributed by atoms with Crippen LogP contribution in [0.25, 0.3) is 0 Å². The lowest BCUT2D eigenvalue weighted by molar-refractivity contribution is 0.0948. The molecule has 0 radical (unpaired) electrons. The number of carbonyl (C=O) groups is 1. The average molecular weight is 699 g/mol. The molecule has 0 aliphatic heterocycles. The molecule has 4 nitrogen and oxygen atoms in total. The summed E-state index contributed by atoms with van der Waals surface area (Å²) >= 11 is 0. The Hall–Kier alpha value is -1.55. The minimum atomic E-state index is 0.0115. The highest BCUT2D eigenvalue weighted by atomic mass is 16.5. The van der Waals surface area contributed by atoms with E-state index in [1.165, 1.54) is 205 Å². The number of nitrogens with zero attached hydrogens (tertiary/aromatic N) is 1. The smallest absolute Gasteiger partial charge is 0.251 e. The third-order valence-electron chi connectivity index (χ3n) is 10.7. The number of hydrogen-bond donors (Lipinski definition) is 1. The predicted molar refractivity (Wildman–Crippen MR) is 221 cm³/mol. The summed E-state index contributed by atoms with van der Waals surface area (Å²) in [5.41, 5.74) is 0.702. The first kappa shape index (κ1) is 46.5. The van der Waals surface area contributed by atoms with Gasteiger partial charge in [0.2, 0.25) is 0 Å². The summed E-state index contributed by atoms with van der Waals surface area (Å²) < 4.78 is 5.24. The molecule has 0 spiro atoms. The van der Waals surface area contributed by atoms with E-state index in [4.69, 9.17) is 4.74 Å². The number of unbranched alkanes of at least 4 members (excludes halogenated alkanes) is 30. The van der Waals surface area contributed by atoms with Crippen molar-refractivity contribution in [3.63, 3.8) is 0 Å². The first-order valence-electron chi connectivity index (χ1n) is 22.4. The first-order valence-corrected chi connectivity index (χ1v) is 22.4. The minimum absolute atomic E-state index is 0.0115. The van der Waals surface area contributed by atoms with Gasteiger partial charge >= 0.3 is 0 Å². The molecule has 0 aromatic heterocycles. The highest BCUT2D eigenvalue weighted by Gasteiger charge is 2.09. The standard InChI is InChI=1S/C46H86N2O2/c1-4-6-8-10-12-14-16-18-20-22-24-26-28-30-32-34-41-48(43-40-47-46(49)44-36-38-45(50-3)39-37-44)42-35-33-31-29-27-25-23-21-19-17-15-13-11-9-7-5-2/h36-39H,4-35,40-43H2,1-3H3,(H,47,49). The third kappa shape index (κ3) is 30.1. The molecule has 1 amide bonds. The van der Waals surface area contributed by atoms with E-state index in [-0.39, 0.29) is 5.91 Å². The lowest BCUT2D eigenvalue weighted by atomic mass is 10.0. The number of ether oxygens (including phenoxy) is 1. The molecule has 50 heavy (non-hydrogen) atoms. The molecule has 0 saturated carbocycles. The summed E-state index contributed by atoms with van der Waals surface area (Å²) in [4.78, 5) is 15.3. The largest absolute Gasteiger partial charge is 0.497 e. The number of hydrogen-bond acceptors (Lipinski definition) is 3. The van der Waals surface area contributed by atoms with E-state index in [1.54, 1.807) is 7.11 Å². The SMILES string of the molecule is CCCCCCCCCCCCCCCCCCN(CCCCCCCCCCCCCCCCCC)CCNC(=O)c1ccc(OC)cc1. The Morgan fingerprint density at radius 1 is 0.460 bits per heavy atom. The van der Waals surface area contributed by atoms with Crippen LogP contribution in [-0.2, 0) is 0 Å². The summed E-state index contributed by atoms with van der Waals surface area (Å²) in [6.07, 6.45) is 45.2. The van der Waals surface area contributed by atoms with Gasteiger partial charge in [-0.2, -0.15) is 0 Å². The van der Waals surface area contributed by atoms with E-state index in [1.807, 2.05) is 24.3 Å². The molecule has 4 heteroatoms. The van der Waals surface area contributed by atoms with Gasteiger partial charge in [-0.3, -0.25) is 4.79 Å². The van der Waals surface area contributed by atoms with Crippen LogP contribution in [-0.4, -0.2) is 44.1 Å². The number of benzene rings is 1. The van der Waals surface area contributed by atoms with Gasteiger partial charge in [-0.25, -0.2) is 0 Å². The number of rotatable bonds is 39. The Morgan fingerprint density at radius 2 is 0.760 bits per heavy atom. The zero-order valence-corrected chi connectivity index (χ0v) is 34.0. The van der Waals surface area contributed by atoms with E-state index in [0.29, 0.717) is 12.1 Å². The molecule has 0 aliphatic carbocycles. The third-order valence-corrected chi connectivity index (χ3v) is 10.7. The lowest BCUT2D eigenvalue weighted by Crippen LogP contribution is -2.36. The summed E-state index contributed by atoms with van der Waals surface area (Å²) in [5.74, 6) is 0.794. The fraction of sp³-hybridized carbons (Fsp3) is 0.848. The molecule has 0 fully saturated rings. The minimum Gasteiger partial charge on any atom is -0.497 e. The Kier molecular flexibility index (Phi) is 34.6. The van der Waals surface area contributed by atoms with Crippen LogP contribution in [0.3, 0.4) is 0 Å². The second-order valence-corrected chi connectivity index (χ2v) is 15.4. The molecule has 1 aromatic carbocycles. The van der Waals surface area contributed by atoms with Gasteiger partial charge in [-0.15, -0.1) is 0 Å². The van der Waals surface area contributed by atoms with Crippen LogP contribution in [0.15, 0.2) is 24.3 Å². The zero-order chi connectivity index (χ0) is 36.0. The van der Waals surface area contributed by atoms with Gasteiger partial charge in [0.05, 0.1) is 7.11 Å². The van der Waals surface area contributed by atoms with Gasteiger partial charge in [0.25, 0.3) is 5.91 Å². The Morgan fingerprint density at radius 3 is 1.06 bits per heavy atom.